The first-order valence-corrected chi connectivity index (χ1v) is 11.4. The molecule has 2 aromatic heterocycles. The number of alkyl halides is 3. The Kier molecular flexibility index (Phi) is 5.72. The summed E-state index contributed by atoms with van der Waals surface area (Å²) in [6.45, 7) is 1.91. The molecule has 0 radical (unpaired) electrons. The van der Waals surface area contributed by atoms with Crippen molar-refractivity contribution in [2.24, 2.45) is 0 Å². The molecule has 7 nitrogen and oxygen atoms in total. The van der Waals surface area contributed by atoms with Crippen LogP contribution < -0.4 is 4.72 Å². The zero-order valence-corrected chi connectivity index (χ0v) is 17.8. The molecule has 1 aromatic carbocycles. The number of ether oxygens (including phenoxy) is 1. The fourth-order valence-electron chi connectivity index (χ4n) is 3.90. The van der Waals surface area contributed by atoms with Crippen LogP contribution in [0.25, 0.3) is 22.2 Å². The van der Waals surface area contributed by atoms with Gasteiger partial charge in [-0.05, 0) is 61.6 Å². The van der Waals surface area contributed by atoms with Gasteiger partial charge in [0, 0.05) is 17.3 Å². The first-order valence-electron chi connectivity index (χ1n) is 9.89. The Morgan fingerprint density at radius 2 is 1.91 bits per heavy atom. The molecule has 3 aromatic rings. The highest BCUT2D eigenvalue weighted by atomic mass is 32.2. The van der Waals surface area contributed by atoms with E-state index in [0.717, 1.165) is 27.9 Å². The molecule has 0 saturated heterocycles. The maximum atomic E-state index is 12.8. The van der Waals surface area contributed by atoms with Gasteiger partial charge in [0.05, 0.1) is 10.9 Å². The summed E-state index contributed by atoms with van der Waals surface area (Å²) in [5, 5.41) is 0.902. The van der Waals surface area contributed by atoms with Crippen molar-refractivity contribution in [1.29, 1.82) is 0 Å². The normalized spacial score (nSPS) is 19.4. The van der Waals surface area contributed by atoms with Crippen molar-refractivity contribution in [2.75, 3.05) is 0 Å². The average Bonchev–Trinajstić information content (AvgIpc) is 3.32. The molecular weight excluding hydrogens is 447 g/mol. The number of nitrogens with one attached hydrogen (secondary N) is 2. The predicted octanol–water partition coefficient (Wildman–Crippen LogP) is 3.84. The van der Waals surface area contributed by atoms with E-state index in [-0.39, 0.29) is 17.7 Å². The van der Waals surface area contributed by atoms with E-state index in [0.29, 0.717) is 6.42 Å². The van der Waals surface area contributed by atoms with Gasteiger partial charge in [-0.1, -0.05) is 12.1 Å². The molecule has 2 atom stereocenters. The summed E-state index contributed by atoms with van der Waals surface area (Å²) in [6, 6.07) is 9.02. The van der Waals surface area contributed by atoms with E-state index in [1.165, 1.54) is 12.1 Å². The maximum Gasteiger partial charge on any atom is 0.490 e. The van der Waals surface area contributed by atoms with Crippen molar-refractivity contribution in [1.82, 2.24) is 14.7 Å². The quantitative estimate of drug-likeness (QED) is 0.556. The van der Waals surface area contributed by atoms with Crippen LogP contribution in [0.4, 0.5) is 13.2 Å². The second-order valence-corrected chi connectivity index (χ2v) is 9.41. The number of rotatable bonds is 5. The van der Waals surface area contributed by atoms with Crippen LogP contribution in [0.5, 0.6) is 0 Å². The number of halogens is 3. The summed E-state index contributed by atoms with van der Waals surface area (Å²) in [7, 11) is -4.03. The molecule has 1 aliphatic rings. The van der Waals surface area contributed by atoms with Gasteiger partial charge in [0.15, 0.2) is 0 Å². The fourth-order valence-corrected chi connectivity index (χ4v) is 5.20. The Bertz CT molecular complexity index is 1250. The van der Waals surface area contributed by atoms with E-state index >= 15 is 0 Å². The molecule has 2 heterocycles. The lowest BCUT2D eigenvalue weighted by Gasteiger charge is -2.21. The highest BCUT2D eigenvalue weighted by molar-refractivity contribution is 7.89. The zero-order valence-electron chi connectivity index (χ0n) is 16.9. The van der Waals surface area contributed by atoms with Gasteiger partial charge >= 0.3 is 12.1 Å². The average molecular weight is 467 g/mol. The Morgan fingerprint density at radius 1 is 1.19 bits per heavy atom. The molecule has 11 heteroatoms. The summed E-state index contributed by atoms with van der Waals surface area (Å²) in [5.41, 5.74) is 3.33. The number of aryl methyl sites for hydroxylation is 1. The number of carbonyl (C=O) groups is 1. The Balaban J connectivity index is 1.52. The van der Waals surface area contributed by atoms with Crippen molar-refractivity contribution in [3.05, 3.63) is 48.3 Å². The number of benzene rings is 1. The summed E-state index contributed by atoms with van der Waals surface area (Å²) in [4.78, 5) is 18.5. The third kappa shape index (κ3) is 4.49. The lowest BCUT2D eigenvalue weighted by molar-refractivity contribution is -0.205. The van der Waals surface area contributed by atoms with Crippen molar-refractivity contribution in [3.8, 4) is 11.1 Å². The van der Waals surface area contributed by atoms with E-state index in [1.54, 1.807) is 18.3 Å². The molecule has 0 aliphatic heterocycles. The summed E-state index contributed by atoms with van der Waals surface area (Å²) in [6.07, 6.45) is -3.77. The van der Waals surface area contributed by atoms with Gasteiger partial charge in [-0.15, -0.1) is 0 Å². The minimum absolute atomic E-state index is 0.0374. The first kappa shape index (κ1) is 22.3. The van der Waals surface area contributed by atoms with Gasteiger partial charge in [0.25, 0.3) is 0 Å². The Hall–Kier alpha value is -2.92. The van der Waals surface area contributed by atoms with E-state index < -0.39 is 34.3 Å². The van der Waals surface area contributed by atoms with E-state index in [9.17, 15) is 26.4 Å². The third-order valence-corrected chi connectivity index (χ3v) is 6.90. The van der Waals surface area contributed by atoms with Gasteiger partial charge in [-0.25, -0.2) is 22.9 Å². The first-order chi connectivity index (χ1) is 15.0. The zero-order chi connectivity index (χ0) is 23.1. The molecule has 32 heavy (non-hydrogen) atoms. The van der Waals surface area contributed by atoms with Crippen LogP contribution in [-0.2, 0) is 19.6 Å². The van der Waals surface area contributed by atoms with Crippen molar-refractivity contribution in [2.45, 2.75) is 49.4 Å². The van der Waals surface area contributed by atoms with Crippen molar-refractivity contribution < 1.29 is 31.1 Å². The number of aromatic nitrogens is 2. The van der Waals surface area contributed by atoms with Gasteiger partial charge < -0.3 is 9.72 Å². The van der Waals surface area contributed by atoms with Crippen molar-refractivity contribution in [3.63, 3.8) is 0 Å². The highest BCUT2D eigenvalue weighted by Gasteiger charge is 2.44. The summed E-state index contributed by atoms with van der Waals surface area (Å²) >= 11 is 0. The van der Waals surface area contributed by atoms with Crippen LogP contribution in [0.1, 0.15) is 25.0 Å². The standard InChI is InChI=1S/C21H20F3N3O4S/c1-12-11-16-15(9-10-25-19(16)26-12)13-5-7-14(8-6-13)32(29,30)27-17-3-2-4-18(17)31-20(28)21(22,23)24/h5-11,17-18,27H,2-4H2,1H3,(H,25,26). The molecule has 4 rings (SSSR count). The van der Waals surface area contributed by atoms with Gasteiger partial charge in [0.2, 0.25) is 10.0 Å². The van der Waals surface area contributed by atoms with E-state index in [2.05, 4.69) is 19.4 Å². The molecule has 0 spiro atoms. The number of aromatic amines is 1. The minimum Gasteiger partial charge on any atom is -0.454 e. The number of esters is 1. The van der Waals surface area contributed by atoms with Crippen LogP contribution in [0.3, 0.4) is 0 Å². The summed E-state index contributed by atoms with van der Waals surface area (Å²) < 4.78 is 69.9. The molecule has 2 N–H and O–H groups in total. The molecule has 1 aliphatic carbocycles. The van der Waals surface area contributed by atoms with Crippen LogP contribution in [0.2, 0.25) is 0 Å². The number of fused-ring (bicyclic) bond motifs is 1. The highest BCUT2D eigenvalue weighted by Crippen LogP contribution is 2.30. The number of H-pyrrole nitrogens is 1. The molecule has 0 bridgehead atoms. The van der Waals surface area contributed by atoms with Crippen LogP contribution >= 0.6 is 0 Å². The second-order valence-electron chi connectivity index (χ2n) is 7.70. The SMILES string of the molecule is Cc1cc2c(-c3ccc(S(=O)(=O)NC4CCCC4OC(=O)C(F)(F)F)cc3)ccnc2[nH]1. The maximum absolute atomic E-state index is 12.8. The second kappa shape index (κ2) is 8.21. The molecule has 2 unspecified atom stereocenters. The molecule has 1 fully saturated rings. The van der Waals surface area contributed by atoms with Gasteiger partial charge in [-0.2, -0.15) is 13.2 Å². The molecule has 1 saturated carbocycles. The number of hydrogen-bond acceptors (Lipinski definition) is 5. The topological polar surface area (TPSA) is 101 Å². The molecule has 170 valence electrons. The van der Waals surface area contributed by atoms with Gasteiger partial charge in [-0.3, -0.25) is 0 Å². The smallest absolute Gasteiger partial charge is 0.454 e. The van der Waals surface area contributed by atoms with Crippen LogP contribution in [-0.4, -0.2) is 42.7 Å². The number of sulfonamides is 1. The lowest BCUT2D eigenvalue weighted by Crippen LogP contribution is -2.43. The monoisotopic (exact) mass is 467 g/mol. The molecule has 0 amide bonds. The predicted molar refractivity (Wildman–Crippen MR) is 110 cm³/mol. The van der Waals surface area contributed by atoms with Crippen LogP contribution in [0.15, 0.2) is 47.5 Å². The molecular formula is C21H20F3N3O4S. The number of pyridine rings is 1. The largest absolute Gasteiger partial charge is 0.490 e. The number of carbonyl (C=O) groups excluding carboxylic acids is 1. The summed E-state index contributed by atoms with van der Waals surface area (Å²) in [5.74, 6) is -2.32. The Morgan fingerprint density at radius 3 is 2.59 bits per heavy atom. The number of hydrogen-bond donors (Lipinski definition) is 2. The van der Waals surface area contributed by atoms with E-state index in [1.807, 2.05) is 19.1 Å². The van der Waals surface area contributed by atoms with Gasteiger partial charge in [0.1, 0.15) is 11.8 Å². The Labute approximate surface area is 182 Å². The fraction of sp³-hybridized carbons (Fsp3) is 0.333. The lowest BCUT2D eigenvalue weighted by atomic mass is 10.0. The van der Waals surface area contributed by atoms with Crippen molar-refractivity contribution >= 4 is 27.0 Å². The van der Waals surface area contributed by atoms with E-state index in [4.69, 9.17) is 0 Å². The number of nitrogens with zero attached hydrogens (tertiary/aromatic N) is 1. The minimum atomic E-state index is -5.13. The van der Waals surface area contributed by atoms with Crippen LogP contribution in [0, 0.1) is 6.92 Å². The third-order valence-electron chi connectivity index (χ3n) is 5.39.